The topological polar surface area (TPSA) is 81.4 Å². The van der Waals surface area contributed by atoms with Gasteiger partial charge in [-0.1, -0.05) is 31.2 Å². The van der Waals surface area contributed by atoms with Crippen LogP contribution in [0.15, 0.2) is 48.8 Å². The predicted octanol–water partition coefficient (Wildman–Crippen LogP) is 4.71. The number of hydrogen-bond donors (Lipinski definition) is 4. The second-order valence-electron chi connectivity index (χ2n) is 10.00. The van der Waals surface area contributed by atoms with Gasteiger partial charge in [0.25, 0.3) is 0 Å². The molecular formula is C26H28N6. The van der Waals surface area contributed by atoms with Gasteiger partial charge in [-0.05, 0) is 60.5 Å². The molecule has 6 nitrogen and oxygen atoms in total. The van der Waals surface area contributed by atoms with Crippen LogP contribution >= 0.6 is 0 Å². The summed E-state index contributed by atoms with van der Waals surface area (Å²) in [6.45, 7) is 3.35. The maximum Gasteiger partial charge on any atom is 0.123 e. The van der Waals surface area contributed by atoms with Crippen molar-refractivity contribution < 1.29 is 0 Å². The number of aromatic nitrogens is 4. The molecule has 162 valence electrons. The van der Waals surface area contributed by atoms with Gasteiger partial charge in [0.1, 0.15) is 11.6 Å². The third-order valence-corrected chi connectivity index (χ3v) is 7.54. The molecule has 32 heavy (non-hydrogen) atoms. The molecule has 1 aliphatic carbocycles. The number of fused-ring (bicyclic) bond motifs is 2. The number of rotatable bonds is 4. The summed E-state index contributed by atoms with van der Waals surface area (Å²) in [6, 6.07) is 14.7. The van der Waals surface area contributed by atoms with E-state index in [1.54, 1.807) is 0 Å². The maximum atomic E-state index is 4.67. The van der Waals surface area contributed by atoms with Gasteiger partial charge in [-0.15, -0.1) is 0 Å². The molecule has 4 N–H and O–H groups in total. The molecule has 2 aliphatic heterocycles. The van der Waals surface area contributed by atoms with Crippen molar-refractivity contribution in [2.24, 2.45) is 11.8 Å². The molecule has 0 unspecified atom stereocenters. The number of aromatic amines is 2. The molecular weight excluding hydrogens is 396 g/mol. The molecule has 2 aromatic heterocycles. The molecule has 4 heterocycles. The number of H-pyrrole nitrogens is 2. The van der Waals surface area contributed by atoms with Crippen molar-refractivity contribution >= 4 is 10.8 Å². The molecule has 0 radical (unpaired) electrons. The van der Waals surface area contributed by atoms with Crippen molar-refractivity contribution in [3.63, 3.8) is 0 Å². The summed E-state index contributed by atoms with van der Waals surface area (Å²) in [6.07, 6.45) is 7.63. The fraction of sp³-hybridized carbons (Fsp3) is 0.385. The highest BCUT2D eigenvalue weighted by atomic mass is 15.1. The summed E-state index contributed by atoms with van der Waals surface area (Å²) in [5, 5.41) is 9.69. The fourth-order valence-corrected chi connectivity index (χ4v) is 5.55. The summed E-state index contributed by atoms with van der Waals surface area (Å²) in [7, 11) is 0. The van der Waals surface area contributed by atoms with Crippen LogP contribution in [0.5, 0.6) is 0 Å². The van der Waals surface area contributed by atoms with Crippen LogP contribution in [0.2, 0.25) is 0 Å². The Morgan fingerprint density at radius 2 is 1.44 bits per heavy atom. The third kappa shape index (κ3) is 3.17. The first-order chi connectivity index (χ1) is 15.7. The van der Waals surface area contributed by atoms with Crippen LogP contribution in [0.1, 0.15) is 49.9 Å². The zero-order chi connectivity index (χ0) is 21.2. The SMILES string of the molecule is C[C@@H]1CN[C@H](c2ncc(-c3ccc4cc(-c5cnc([C@@H]6C[C@H]7C[C@H]7N6)[nH]5)ccc4c3)[nH]2)C1. The average Bonchev–Trinajstić information content (AvgIpc) is 3.37. The molecule has 1 saturated carbocycles. The number of piperidine rings is 1. The lowest BCUT2D eigenvalue weighted by molar-refractivity contribution is 0.543. The van der Waals surface area contributed by atoms with Gasteiger partial charge in [0.05, 0.1) is 35.9 Å². The van der Waals surface area contributed by atoms with Crippen LogP contribution in [0, 0.1) is 11.8 Å². The van der Waals surface area contributed by atoms with Crippen LogP contribution in [0.4, 0.5) is 0 Å². The normalized spacial score (nSPS) is 29.0. The summed E-state index contributed by atoms with van der Waals surface area (Å²) in [5.74, 6) is 3.69. The van der Waals surface area contributed by atoms with Crippen LogP contribution in [-0.4, -0.2) is 32.5 Å². The molecule has 2 aromatic carbocycles. The van der Waals surface area contributed by atoms with Crippen molar-refractivity contribution in [1.29, 1.82) is 0 Å². The van der Waals surface area contributed by atoms with E-state index in [9.17, 15) is 0 Å². The first kappa shape index (κ1) is 18.6. The summed E-state index contributed by atoms with van der Waals surface area (Å²) in [4.78, 5) is 16.4. The van der Waals surface area contributed by atoms with Gasteiger partial charge in [-0.3, -0.25) is 0 Å². The Bertz CT molecular complexity index is 1210. The quantitative estimate of drug-likeness (QED) is 0.382. The molecule has 0 bridgehead atoms. The molecule has 6 heteroatoms. The molecule has 0 amide bonds. The minimum atomic E-state index is 0.339. The Balaban J connectivity index is 1.14. The second kappa shape index (κ2) is 7.02. The average molecular weight is 425 g/mol. The van der Waals surface area contributed by atoms with Crippen molar-refractivity contribution in [3.05, 3.63) is 60.4 Å². The van der Waals surface area contributed by atoms with Gasteiger partial charge in [-0.25, -0.2) is 9.97 Å². The Hall–Kier alpha value is -2.96. The largest absolute Gasteiger partial charge is 0.341 e. The van der Waals surface area contributed by atoms with Gasteiger partial charge in [0.15, 0.2) is 0 Å². The molecule has 5 atom stereocenters. The number of benzene rings is 2. The summed E-state index contributed by atoms with van der Waals surface area (Å²) in [5.41, 5.74) is 4.51. The lowest BCUT2D eigenvalue weighted by Gasteiger charge is -2.09. The van der Waals surface area contributed by atoms with E-state index in [0.717, 1.165) is 48.0 Å². The first-order valence-electron chi connectivity index (χ1n) is 11.8. The van der Waals surface area contributed by atoms with Gasteiger partial charge in [0, 0.05) is 17.2 Å². The Labute approximate surface area is 187 Å². The standard InChI is InChI=1S/C26H28N6/c1-14-6-21(27-11-14)25-28-12-23(31-25)17-4-2-16-8-18(5-3-15(16)7-17)24-13-29-26(32-24)22-10-19-9-20(19)30-22/h2-5,7-8,12-14,19-22,27,30H,6,9-11H2,1H3,(H,28,31)(H,29,32)/t14-,19+,20+,21-,22-/m0/s1. The van der Waals surface area contributed by atoms with Gasteiger partial charge < -0.3 is 20.6 Å². The maximum absolute atomic E-state index is 4.67. The lowest BCUT2D eigenvalue weighted by atomic mass is 10.0. The van der Waals surface area contributed by atoms with Gasteiger partial charge in [0.2, 0.25) is 0 Å². The highest BCUT2D eigenvalue weighted by Gasteiger charge is 2.46. The van der Waals surface area contributed by atoms with E-state index in [1.807, 2.05) is 12.4 Å². The van der Waals surface area contributed by atoms with Gasteiger partial charge >= 0.3 is 0 Å². The highest BCUT2D eigenvalue weighted by molar-refractivity contribution is 5.90. The van der Waals surface area contributed by atoms with Crippen molar-refractivity contribution in [3.8, 4) is 22.5 Å². The van der Waals surface area contributed by atoms with Gasteiger partial charge in [-0.2, -0.15) is 0 Å². The zero-order valence-electron chi connectivity index (χ0n) is 18.2. The predicted molar refractivity (Wildman–Crippen MR) is 126 cm³/mol. The molecule has 4 aromatic rings. The van der Waals surface area contributed by atoms with E-state index in [1.165, 1.54) is 34.7 Å². The summed E-state index contributed by atoms with van der Waals surface area (Å²) < 4.78 is 0. The summed E-state index contributed by atoms with van der Waals surface area (Å²) >= 11 is 0. The Morgan fingerprint density at radius 3 is 2.00 bits per heavy atom. The minimum Gasteiger partial charge on any atom is -0.341 e. The Kier molecular flexibility index (Phi) is 4.08. The number of hydrogen-bond acceptors (Lipinski definition) is 4. The number of nitrogens with one attached hydrogen (secondary N) is 4. The lowest BCUT2D eigenvalue weighted by Crippen LogP contribution is -2.18. The van der Waals surface area contributed by atoms with Crippen molar-refractivity contribution in [2.75, 3.05) is 6.54 Å². The highest BCUT2D eigenvalue weighted by Crippen LogP contribution is 2.45. The van der Waals surface area contributed by atoms with E-state index >= 15 is 0 Å². The minimum absolute atomic E-state index is 0.339. The molecule has 0 spiro atoms. The molecule has 7 rings (SSSR count). The van der Waals surface area contributed by atoms with Crippen LogP contribution in [-0.2, 0) is 0 Å². The second-order valence-corrected chi connectivity index (χ2v) is 10.00. The third-order valence-electron chi connectivity index (χ3n) is 7.54. The Morgan fingerprint density at radius 1 is 0.781 bits per heavy atom. The number of imidazole rings is 2. The number of nitrogens with zero attached hydrogens (tertiary/aromatic N) is 2. The zero-order valence-corrected chi connectivity index (χ0v) is 18.2. The van der Waals surface area contributed by atoms with E-state index < -0.39 is 0 Å². The van der Waals surface area contributed by atoms with Crippen LogP contribution in [0.25, 0.3) is 33.3 Å². The first-order valence-corrected chi connectivity index (χ1v) is 11.8. The molecule has 3 aliphatic rings. The van der Waals surface area contributed by atoms with Crippen molar-refractivity contribution in [1.82, 2.24) is 30.6 Å². The fourth-order valence-electron chi connectivity index (χ4n) is 5.55. The van der Waals surface area contributed by atoms with E-state index in [2.05, 4.69) is 73.9 Å². The van der Waals surface area contributed by atoms with E-state index in [4.69, 9.17) is 0 Å². The van der Waals surface area contributed by atoms with Crippen molar-refractivity contribution in [2.45, 2.75) is 44.3 Å². The smallest absolute Gasteiger partial charge is 0.123 e. The molecule has 3 fully saturated rings. The van der Waals surface area contributed by atoms with E-state index in [-0.39, 0.29) is 0 Å². The van der Waals surface area contributed by atoms with E-state index in [0.29, 0.717) is 18.0 Å². The monoisotopic (exact) mass is 424 g/mol. The van der Waals surface area contributed by atoms with Crippen LogP contribution in [0.3, 0.4) is 0 Å². The molecule has 2 saturated heterocycles. The van der Waals surface area contributed by atoms with Crippen LogP contribution < -0.4 is 10.6 Å².